The third kappa shape index (κ3) is 43.8. The highest BCUT2D eigenvalue weighted by molar-refractivity contribution is 5.76. The molecule has 0 aromatic rings. The van der Waals surface area contributed by atoms with Crippen molar-refractivity contribution in [1.82, 2.24) is 5.32 Å². The minimum Gasteiger partial charge on any atom is -0.394 e. The monoisotopic (exact) mass is 1470 g/mol. The number of amides is 1. The number of aliphatic hydroxyl groups excluding tert-OH is 11. The van der Waals surface area contributed by atoms with Crippen LogP contribution in [0, 0.1) is 0 Å². The highest BCUT2D eigenvalue weighted by Crippen LogP contribution is 2.33. The summed E-state index contributed by atoms with van der Waals surface area (Å²) in [5.74, 6) is -0.273. The molecule has 3 aliphatic heterocycles. The summed E-state index contributed by atoms with van der Waals surface area (Å²) < 4.78 is 34.4. The van der Waals surface area contributed by atoms with Gasteiger partial charge in [0.1, 0.15) is 73.2 Å². The Bertz CT molecular complexity index is 2260. The molecule has 0 aromatic carbocycles. The molecule has 17 unspecified atom stereocenters. The summed E-state index contributed by atoms with van der Waals surface area (Å²) >= 11 is 0. The maximum Gasteiger partial charge on any atom is 0.220 e. The van der Waals surface area contributed by atoms with Gasteiger partial charge >= 0.3 is 0 Å². The van der Waals surface area contributed by atoms with Crippen molar-refractivity contribution in [3.05, 3.63) is 97.2 Å². The van der Waals surface area contributed by atoms with E-state index in [2.05, 4.69) is 104 Å². The highest BCUT2D eigenvalue weighted by Gasteiger charge is 2.54. The van der Waals surface area contributed by atoms with Crippen LogP contribution in [0.5, 0.6) is 0 Å². The number of hydrogen-bond donors (Lipinski definition) is 12. The van der Waals surface area contributed by atoms with Crippen LogP contribution < -0.4 is 5.32 Å². The molecule has 602 valence electrons. The lowest BCUT2D eigenvalue weighted by molar-refractivity contribution is -0.379. The summed E-state index contributed by atoms with van der Waals surface area (Å²) in [5.41, 5.74) is 0. The zero-order valence-corrected chi connectivity index (χ0v) is 64.5. The van der Waals surface area contributed by atoms with E-state index in [1.54, 1.807) is 6.08 Å². The van der Waals surface area contributed by atoms with Crippen molar-refractivity contribution < 1.29 is 89.4 Å². The van der Waals surface area contributed by atoms with Gasteiger partial charge in [0.15, 0.2) is 18.9 Å². The molecular weight excluding hydrogens is 1320 g/mol. The van der Waals surface area contributed by atoms with E-state index >= 15 is 0 Å². The summed E-state index contributed by atoms with van der Waals surface area (Å²) in [7, 11) is 0. The van der Waals surface area contributed by atoms with E-state index in [4.69, 9.17) is 28.4 Å². The average Bonchev–Trinajstić information content (AvgIpc) is 0.783. The first-order valence-corrected chi connectivity index (χ1v) is 41.5. The Hall–Kier alpha value is -3.29. The van der Waals surface area contributed by atoms with Gasteiger partial charge < -0.3 is 89.9 Å². The summed E-state index contributed by atoms with van der Waals surface area (Å²) in [6, 6.07) is -0.976. The van der Waals surface area contributed by atoms with Crippen LogP contribution in [0.3, 0.4) is 0 Å². The number of ether oxygens (including phenoxy) is 6. The number of hydrogen-bond acceptors (Lipinski definition) is 18. The quantitative estimate of drug-likeness (QED) is 0.0199. The van der Waals surface area contributed by atoms with E-state index < -0.39 is 124 Å². The molecule has 0 saturated carbocycles. The summed E-state index contributed by atoms with van der Waals surface area (Å²) in [5, 5.41) is 121. The van der Waals surface area contributed by atoms with Crippen molar-refractivity contribution in [1.29, 1.82) is 0 Å². The van der Waals surface area contributed by atoms with Crippen molar-refractivity contribution in [3.63, 3.8) is 0 Å². The van der Waals surface area contributed by atoms with Crippen molar-refractivity contribution in [2.75, 3.05) is 26.4 Å². The van der Waals surface area contributed by atoms with E-state index in [-0.39, 0.29) is 18.9 Å². The zero-order chi connectivity index (χ0) is 75.3. The number of rotatable bonds is 65. The fourth-order valence-electron chi connectivity index (χ4n) is 13.5. The predicted octanol–water partition coefficient (Wildman–Crippen LogP) is 14.3. The molecule has 104 heavy (non-hydrogen) atoms. The van der Waals surface area contributed by atoms with Crippen LogP contribution in [0.25, 0.3) is 0 Å². The number of unbranched alkanes of at least 4 members (excludes halogenated alkanes) is 35. The van der Waals surface area contributed by atoms with Crippen molar-refractivity contribution in [2.24, 2.45) is 0 Å². The number of allylic oxidation sites excluding steroid dienone is 15. The van der Waals surface area contributed by atoms with Crippen molar-refractivity contribution in [3.8, 4) is 0 Å². The molecule has 3 aliphatic rings. The van der Waals surface area contributed by atoms with Gasteiger partial charge in [-0.15, -0.1) is 0 Å². The molecule has 12 N–H and O–H groups in total. The summed E-state index contributed by atoms with van der Waals surface area (Å²) in [6.45, 7) is 1.64. The second-order valence-corrected chi connectivity index (χ2v) is 29.2. The van der Waals surface area contributed by atoms with Crippen LogP contribution in [0.4, 0.5) is 0 Å². The van der Waals surface area contributed by atoms with E-state index in [1.807, 2.05) is 6.08 Å². The maximum absolute atomic E-state index is 13.5. The maximum atomic E-state index is 13.5. The molecule has 19 heteroatoms. The minimum atomic E-state index is -1.98. The number of carbonyl (C=O) groups excluding carboxylic acids is 1. The van der Waals surface area contributed by atoms with Crippen LogP contribution in [-0.2, 0) is 33.2 Å². The Morgan fingerprint density at radius 1 is 0.356 bits per heavy atom. The normalized spacial score (nSPS) is 26.4. The molecule has 17 atom stereocenters. The van der Waals surface area contributed by atoms with Crippen LogP contribution in [0.2, 0.25) is 0 Å². The molecule has 3 fully saturated rings. The molecule has 19 nitrogen and oxygen atoms in total. The van der Waals surface area contributed by atoms with E-state index in [9.17, 15) is 61.0 Å². The van der Waals surface area contributed by atoms with Gasteiger partial charge in [0.2, 0.25) is 5.91 Å². The lowest BCUT2D eigenvalue weighted by Gasteiger charge is -2.48. The van der Waals surface area contributed by atoms with Crippen molar-refractivity contribution >= 4 is 5.91 Å². The molecule has 0 aliphatic carbocycles. The SMILES string of the molecule is CC/C=C\C/C=C\C/C=C\C/C=C\C/C=C\C/C=C\C/C=C\CCCCCCCCCCCCCCCCCCCCCC(=O)NC(COC1OC(CO)C(OC2OC(CO)C(OC3OC(CO)C(O)C(O)C3O)C(O)C2O)C(O)C1O)C(O)/C=C/CCCCCCCCCCCCCCCCCC. The Labute approximate surface area is 628 Å². The Morgan fingerprint density at radius 2 is 0.663 bits per heavy atom. The van der Waals surface area contributed by atoms with E-state index in [1.165, 1.54) is 186 Å². The molecule has 1 amide bonds. The van der Waals surface area contributed by atoms with Gasteiger partial charge in [-0.1, -0.05) is 317 Å². The number of carbonyl (C=O) groups is 1. The fraction of sp³-hybridized carbons (Fsp3) is 0.800. The van der Waals surface area contributed by atoms with Gasteiger partial charge in [0.05, 0.1) is 38.6 Å². The van der Waals surface area contributed by atoms with Gasteiger partial charge in [0, 0.05) is 6.42 Å². The number of aliphatic hydroxyl groups is 11. The first-order chi connectivity index (χ1) is 50.8. The second kappa shape index (κ2) is 64.5. The molecule has 0 spiro atoms. The number of nitrogens with one attached hydrogen (secondary N) is 1. The summed E-state index contributed by atoms with van der Waals surface area (Å²) in [4.78, 5) is 13.5. The van der Waals surface area contributed by atoms with Gasteiger partial charge in [-0.2, -0.15) is 0 Å². The van der Waals surface area contributed by atoms with E-state index in [0.29, 0.717) is 6.42 Å². The summed E-state index contributed by atoms with van der Waals surface area (Å²) in [6.07, 6.45) is 61.2. The molecule has 0 aromatic heterocycles. The standard InChI is InChI=1S/C85H149NO18/c1-3-5-7-9-11-13-15-17-19-21-23-24-25-26-27-28-29-30-31-32-33-34-35-36-37-38-39-40-41-42-43-44-45-47-49-51-53-55-57-59-61-63-73(91)86-68(69(90)62-60-58-56-54-52-50-48-46-22-20-18-16-14-12-10-8-6-4-2)67-99-83-79(97)76(94)81(71(65-88)101-83)104-85-80(98)77(95)82(72(66-89)102-85)103-84-78(96)75(93)74(92)70(64-87)100-84/h5,7,11,13,17,19,23-24,26-27,29-30,32-33,60,62,68-72,74-85,87-90,92-98H,3-4,6,8-10,12,14-16,18,20-22,25,28,31,34-59,61,63-67H2,1-2H3,(H,86,91)/b7-5-,13-11-,19-17-,24-23-,27-26-,30-29-,33-32-,62-60+. The first-order valence-electron chi connectivity index (χ1n) is 41.5. The smallest absolute Gasteiger partial charge is 0.220 e. The average molecular weight is 1470 g/mol. The molecule has 0 radical (unpaired) electrons. The molecule has 3 heterocycles. The zero-order valence-electron chi connectivity index (χ0n) is 64.5. The van der Waals surface area contributed by atoms with Gasteiger partial charge in [0.25, 0.3) is 0 Å². The largest absolute Gasteiger partial charge is 0.394 e. The fourth-order valence-corrected chi connectivity index (χ4v) is 13.5. The minimum absolute atomic E-state index is 0.242. The van der Waals surface area contributed by atoms with Crippen molar-refractivity contribution in [2.45, 2.75) is 407 Å². The lowest BCUT2D eigenvalue weighted by Crippen LogP contribution is -2.66. The van der Waals surface area contributed by atoms with Gasteiger partial charge in [-0.3, -0.25) is 4.79 Å². The Kier molecular flexibility index (Phi) is 58.9. The molecule has 3 saturated heterocycles. The third-order valence-corrected chi connectivity index (χ3v) is 20.1. The molecule has 3 rings (SSSR count). The topological polar surface area (TPSA) is 307 Å². The Morgan fingerprint density at radius 3 is 1.04 bits per heavy atom. The highest BCUT2D eigenvalue weighted by atomic mass is 16.8. The van der Waals surface area contributed by atoms with Crippen LogP contribution >= 0.6 is 0 Å². The third-order valence-electron chi connectivity index (χ3n) is 20.1. The van der Waals surface area contributed by atoms with Crippen LogP contribution in [-0.4, -0.2) is 193 Å². The van der Waals surface area contributed by atoms with Crippen LogP contribution in [0.15, 0.2) is 97.2 Å². The predicted molar refractivity (Wildman–Crippen MR) is 415 cm³/mol. The lowest BCUT2D eigenvalue weighted by atomic mass is 9.96. The van der Waals surface area contributed by atoms with E-state index in [0.717, 1.165) is 89.9 Å². The Balaban J connectivity index is 1.30. The molecule has 0 bridgehead atoms. The first kappa shape index (κ1) is 94.9. The molecular formula is C85H149NO18. The van der Waals surface area contributed by atoms with Crippen LogP contribution in [0.1, 0.15) is 303 Å². The van der Waals surface area contributed by atoms with Gasteiger partial charge in [-0.25, -0.2) is 0 Å². The van der Waals surface area contributed by atoms with Gasteiger partial charge in [-0.05, 0) is 77.0 Å². The second-order valence-electron chi connectivity index (χ2n) is 29.2.